The third kappa shape index (κ3) is 4.52. The van der Waals surface area contributed by atoms with Crippen LogP contribution in [-0.4, -0.2) is 37.5 Å². The smallest absolute Gasteiger partial charge is 0.222 e. The van der Waals surface area contributed by atoms with Gasteiger partial charge in [0.2, 0.25) is 5.91 Å². The predicted octanol–water partition coefficient (Wildman–Crippen LogP) is 1.88. The van der Waals surface area contributed by atoms with Crippen LogP contribution in [0.1, 0.15) is 39.5 Å². The van der Waals surface area contributed by atoms with E-state index >= 15 is 0 Å². The summed E-state index contributed by atoms with van der Waals surface area (Å²) in [6.45, 7) is 7.44. The van der Waals surface area contributed by atoms with Gasteiger partial charge in [0.05, 0.1) is 0 Å². The Morgan fingerprint density at radius 1 is 1.50 bits per heavy atom. The lowest BCUT2D eigenvalue weighted by Crippen LogP contribution is -2.29. The summed E-state index contributed by atoms with van der Waals surface area (Å²) in [6.07, 6.45) is 4.13. The molecular formula is C13H26N2O. The number of rotatable bonds is 6. The summed E-state index contributed by atoms with van der Waals surface area (Å²) in [5.74, 6) is 1.85. The zero-order valence-electron chi connectivity index (χ0n) is 11.0. The molecule has 16 heavy (non-hydrogen) atoms. The standard InChI is InChI=1S/C13H26N2O/c1-11(2)9-12-6-8-15(10-12)13(16)5-4-7-14-3/h11-12,14H,4-10H2,1-3H3. The molecule has 1 amide bonds. The van der Waals surface area contributed by atoms with Crippen LogP contribution in [0.4, 0.5) is 0 Å². The Hall–Kier alpha value is -0.570. The SMILES string of the molecule is CNCCCC(=O)N1CCC(CC(C)C)C1. The van der Waals surface area contributed by atoms with Gasteiger partial charge >= 0.3 is 0 Å². The van der Waals surface area contributed by atoms with Gasteiger partial charge in [-0.1, -0.05) is 13.8 Å². The van der Waals surface area contributed by atoms with E-state index in [4.69, 9.17) is 0 Å². The van der Waals surface area contributed by atoms with Gasteiger partial charge in [-0.2, -0.15) is 0 Å². The van der Waals surface area contributed by atoms with Gasteiger partial charge in [-0.15, -0.1) is 0 Å². The van der Waals surface area contributed by atoms with Gasteiger partial charge < -0.3 is 10.2 Å². The van der Waals surface area contributed by atoms with Gasteiger partial charge in [-0.25, -0.2) is 0 Å². The molecule has 0 aromatic heterocycles. The lowest BCUT2D eigenvalue weighted by Gasteiger charge is -2.17. The zero-order valence-corrected chi connectivity index (χ0v) is 11.0. The molecule has 94 valence electrons. The second kappa shape index (κ2) is 6.89. The molecule has 1 atom stereocenters. The molecule has 1 unspecified atom stereocenters. The van der Waals surface area contributed by atoms with Crippen molar-refractivity contribution in [2.24, 2.45) is 11.8 Å². The average molecular weight is 226 g/mol. The minimum atomic E-state index is 0.349. The number of carbonyl (C=O) groups excluding carboxylic acids is 1. The molecule has 1 aliphatic rings. The fraction of sp³-hybridized carbons (Fsp3) is 0.923. The number of nitrogens with zero attached hydrogens (tertiary/aromatic N) is 1. The molecule has 1 aliphatic heterocycles. The Balaban J connectivity index is 2.21. The molecule has 3 heteroatoms. The van der Waals surface area contributed by atoms with Crippen LogP contribution in [-0.2, 0) is 4.79 Å². The van der Waals surface area contributed by atoms with E-state index in [0.29, 0.717) is 12.3 Å². The third-order valence-corrected chi connectivity index (χ3v) is 3.26. The largest absolute Gasteiger partial charge is 0.342 e. The number of hydrogen-bond donors (Lipinski definition) is 1. The first-order chi connectivity index (χ1) is 7.63. The predicted molar refractivity (Wildman–Crippen MR) is 67.3 cm³/mol. The molecule has 1 fully saturated rings. The van der Waals surface area contributed by atoms with Crippen molar-refractivity contribution in [2.45, 2.75) is 39.5 Å². The molecule has 1 rings (SSSR count). The van der Waals surface area contributed by atoms with Gasteiger partial charge in [-0.3, -0.25) is 4.79 Å². The highest BCUT2D eigenvalue weighted by molar-refractivity contribution is 5.76. The van der Waals surface area contributed by atoms with E-state index in [0.717, 1.165) is 37.9 Å². The first-order valence-corrected chi connectivity index (χ1v) is 6.55. The maximum atomic E-state index is 11.8. The molecule has 0 aromatic carbocycles. The third-order valence-electron chi connectivity index (χ3n) is 3.26. The van der Waals surface area contributed by atoms with Crippen LogP contribution in [0.5, 0.6) is 0 Å². The molecule has 0 spiro atoms. The highest BCUT2D eigenvalue weighted by Crippen LogP contribution is 2.23. The van der Waals surface area contributed by atoms with E-state index in [1.165, 1.54) is 12.8 Å². The van der Waals surface area contributed by atoms with Crippen molar-refractivity contribution >= 4 is 5.91 Å². The number of hydrogen-bond acceptors (Lipinski definition) is 2. The van der Waals surface area contributed by atoms with Crippen LogP contribution in [0.2, 0.25) is 0 Å². The summed E-state index contributed by atoms with van der Waals surface area (Å²) in [7, 11) is 1.93. The van der Waals surface area contributed by atoms with Gasteiger partial charge in [0.25, 0.3) is 0 Å². The molecule has 0 aromatic rings. The van der Waals surface area contributed by atoms with Crippen LogP contribution in [0, 0.1) is 11.8 Å². The average Bonchev–Trinajstić information content (AvgIpc) is 2.65. The van der Waals surface area contributed by atoms with E-state index in [1.54, 1.807) is 0 Å². The van der Waals surface area contributed by atoms with Crippen LogP contribution < -0.4 is 5.32 Å². The Kier molecular flexibility index (Phi) is 5.81. The lowest BCUT2D eigenvalue weighted by molar-refractivity contribution is -0.130. The van der Waals surface area contributed by atoms with Gasteiger partial charge in [0, 0.05) is 19.5 Å². The summed E-state index contributed by atoms with van der Waals surface area (Å²) >= 11 is 0. The molecule has 0 bridgehead atoms. The van der Waals surface area contributed by atoms with E-state index in [-0.39, 0.29) is 0 Å². The Morgan fingerprint density at radius 2 is 2.25 bits per heavy atom. The van der Waals surface area contributed by atoms with Gasteiger partial charge in [-0.05, 0) is 44.7 Å². The normalized spacial score (nSPS) is 20.8. The van der Waals surface area contributed by atoms with Crippen molar-refractivity contribution in [3.63, 3.8) is 0 Å². The molecule has 0 radical (unpaired) electrons. The van der Waals surface area contributed by atoms with E-state index in [2.05, 4.69) is 24.1 Å². The highest BCUT2D eigenvalue weighted by atomic mass is 16.2. The second-order valence-corrected chi connectivity index (χ2v) is 5.33. The van der Waals surface area contributed by atoms with Crippen molar-refractivity contribution in [3.8, 4) is 0 Å². The monoisotopic (exact) mass is 226 g/mol. The van der Waals surface area contributed by atoms with E-state index in [1.807, 2.05) is 7.05 Å². The quantitative estimate of drug-likeness (QED) is 0.701. The van der Waals surface area contributed by atoms with Gasteiger partial charge in [0.15, 0.2) is 0 Å². The molecular weight excluding hydrogens is 200 g/mol. The minimum absolute atomic E-state index is 0.349. The first-order valence-electron chi connectivity index (χ1n) is 6.55. The summed E-state index contributed by atoms with van der Waals surface area (Å²) < 4.78 is 0. The second-order valence-electron chi connectivity index (χ2n) is 5.33. The highest BCUT2D eigenvalue weighted by Gasteiger charge is 2.25. The van der Waals surface area contributed by atoms with Crippen LogP contribution in [0.15, 0.2) is 0 Å². The molecule has 0 saturated carbocycles. The van der Waals surface area contributed by atoms with Crippen LogP contribution in [0.25, 0.3) is 0 Å². The van der Waals surface area contributed by atoms with Crippen molar-refractivity contribution in [1.82, 2.24) is 10.2 Å². The van der Waals surface area contributed by atoms with E-state index < -0.39 is 0 Å². The maximum Gasteiger partial charge on any atom is 0.222 e. The molecule has 0 aliphatic carbocycles. The first kappa shape index (κ1) is 13.5. The maximum absolute atomic E-state index is 11.8. The fourth-order valence-electron chi connectivity index (χ4n) is 2.49. The number of likely N-dealkylation sites (tertiary alicyclic amines) is 1. The molecule has 1 heterocycles. The topological polar surface area (TPSA) is 32.3 Å². The van der Waals surface area contributed by atoms with Crippen LogP contribution in [0.3, 0.4) is 0 Å². The minimum Gasteiger partial charge on any atom is -0.342 e. The fourth-order valence-corrected chi connectivity index (χ4v) is 2.49. The Labute approximate surface area is 99.6 Å². The summed E-state index contributed by atoms with van der Waals surface area (Å²) in [5.41, 5.74) is 0. The van der Waals surface area contributed by atoms with Crippen molar-refractivity contribution in [3.05, 3.63) is 0 Å². The van der Waals surface area contributed by atoms with E-state index in [9.17, 15) is 4.79 Å². The molecule has 1 saturated heterocycles. The summed E-state index contributed by atoms with van der Waals surface area (Å²) in [6, 6.07) is 0. The molecule has 1 N–H and O–H groups in total. The zero-order chi connectivity index (χ0) is 12.0. The Morgan fingerprint density at radius 3 is 2.88 bits per heavy atom. The number of amides is 1. The molecule has 3 nitrogen and oxygen atoms in total. The number of carbonyl (C=O) groups is 1. The summed E-state index contributed by atoms with van der Waals surface area (Å²) in [5, 5.41) is 3.08. The summed E-state index contributed by atoms with van der Waals surface area (Å²) in [4.78, 5) is 13.9. The van der Waals surface area contributed by atoms with Crippen molar-refractivity contribution in [2.75, 3.05) is 26.7 Å². The van der Waals surface area contributed by atoms with Crippen molar-refractivity contribution in [1.29, 1.82) is 0 Å². The van der Waals surface area contributed by atoms with Crippen LogP contribution >= 0.6 is 0 Å². The van der Waals surface area contributed by atoms with Crippen molar-refractivity contribution < 1.29 is 4.79 Å². The number of nitrogens with one attached hydrogen (secondary N) is 1. The van der Waals surface area contributed by atoms with Gasteiger partial charge in [0.1, 0.15) is 0 Å². The lowest BCUT2D eigenvalue weighted by atomic mass is 9.97. The Bertz CT molecular complexity index is 216.